The summed E-state index contributed by atoms with van der Waals surface area (Å²) in [6.07, 6.45) is 5.24. The first-order valence-corrected chi connectivity index (χ1v) is 7.63. The summed E-state index contributed by atoms with van der Waals surface area (Å²) in [4.78, 5) is 16.1. The number of carbonyl (C=O) groups is 1. The lowest BCUT2D eigenvalue weighted by Gasteiger charge is -2.08. The molecule has 1 fully saturated rings. The lowest BCUT2D eigenvalue weighted by molar-refractivity contribution is -0.120. The molecule has 0 atom stereocenters. The molecule has 1 heterocycles. The quantitative estimate of drug-likeness (QED) is 0.816. The zero-order valence-electron chi connectivity index (χ0n) is 12.1. The van der Waals surface area contributed by atoms with Gasteiger partial charge in [-0.1, -0.05) is 24.3 Å². The average molecular weight is 283 g/mol. The summed E-state index contributed by atoms with van der Waals surface area (Å²) in [5.74, 6) is 0.878. The molecule has 2 N–H and O–H groups in total. The number of hydrogen-bond acceptors (Lipinski definition) is 3. The minimum absolute atomic E-state index is 0.0730. The van der Waals surface area contributed by atoms with Crippen LogP contribution in [0.5, 0.6) is 0 Å². The first-order chi connectivity index (χ1) is 10.3. The van der Waals surface area contributed by atoms with Crippen LogP contribution >= 0.6 is 0 Å². The number of aromatic nitrogens is 1. The Morgan fingerprint density at radius 2 is 2.10 bits per heavy atom. The Hall–Kier alpha value is -1.94. The lowest BCUT2D eigenvalue weighted by Crippen LogP contribution is -2.35. The van der Waals surface area contributed by atoms with E-state index in [0.29, 0.717) is 13.1 Å². The molecule has 0 aliphatic heterocycles. The van der Waals surface area contributed by atoms with Crippen molar-refractivity contribution in [3.8, 4) is 0 Å². The zero-order valence-corrected chi connectivity index (χ0v) is 12.1. The third-order valence-electron chi connectivity index (χ3n) is 3.85. The largest absolute Gasteiger partial charge is 0.355 e. The van der Waals surface area contributed by atoms with E-state index in [9.17, 15) is 4.79 Å². The van der Waals surface area contributed by atoms with Crippen LogP contribution in [0.4, 0.5) is 0 Å². The summed E-state index contributed by atoms with van der Waals surface area (Å²) >= 11 is 0. The highest BCUT2D eigenvalue weighted by Gasteiger charge is 2.20. The molecule has 1 aliphatic carbocycles. The fourth-order valence-electron chi connectivity index (χ4n) is 2.48. The molecular weight excluding hydrogens is 262 g/mol. The first-order valence-electron chi connectivity index (χ1n) is 7.63. The molecule has 1 saturated carbocycles. The van der Waals surface area contributed by atoms with Gasteiger partial charge in [0.15, 0.2) is 0 Å². The van der Waals surface area contributed by atoms with Crippen LogP contribution in [0.3, 0.4) is 0 Å². The maximum Gasteiger partial charge on any atom is 0.233 e. The van der Waals surface area contributed by atoms with E-state index in [1.165, 1.54) is 18.4 Å². The van der Waals surface area contributed by atoms with E-state index in [-0.39, 0.29) is 5.91 Å². The van der Waals surface area contributed by atoms with Gasteiger partial charge in [-0.25, -0.2) is 0 Å². The highest BCUT2D eigenvalue weighted by atomic mass is 16.1. The minimum atomic E-state index is 0.0730. The van der Waals surface area contributed by atoms with Crippen LogP contribution in [0.2, 0.25) is 0 Å². The Labute approximate surface area is 125 Å². The smallest absolute Gasteiger partial charge is 0.233 e. The molecule has 4 heteroatoms. The van der Waals surface area contributed by atoms with Crippen LogP contribution in [0.25, 0.3) is 10.9 Å². The van der Waals surface area contributed by atoms with E-state index in [1.807, 2.05) is 18.3 Å². The molecule has 110 valence electrons. The van der Waals surface area contributed by atoms with Gasteiger partial charge in [-0.05, 0) is 43.4 Å². The van der Waals surface area contributed by atoms with E-state index < -0.39 is 0 Å². The monoisotopic (exact) mass is 283 g/mol. The number of nitrogens with zero attached hydrogens (tertiary/aromatic N) is 1. The van der Waals surface area contributed by atoms with Gasteiger partial charge >= 0.3 is 0 Å². The maximum absolute atomic E-state index is 11.7. The molecule has 0 spiro atoms. The summed E-state index contributed by atoms with van der Waals surface area (Å²) in [6.45, 7) is 2.05. The van der Waals surface area contributed by atoms with Gasteiger partial charge < -0.3 is 10.6 Å². The summed E-state index contributed by atoms with van der Waals surface area (Å²) < 4.78 is 0. The van der Waals surface area contributed by atoms with Crippen molar-refractivity contribution < 1.29 is 4.79 Å². The summed E-state index contributed by atoms with van der Waals surface area (Å²) in [5, 5.41) is 7.31. The second-order valence-corrected chi connectivity index (χ2v) is 5.67. The number of nitrogens with one attached hydrogen (secondary N) is 2. The molecule has 4 nitrogen and oxygen atoms in total. The van der Waals surface area contributed by atoms with Gasteiger partial charge in [-0.15, -0.1) is 0 Å². The second-order valence-electron chi connectivity index (χ2n) is 5.67. The zero-order chi connectivity index (χ0) is 14.5. The number of hydrogen-bond donors (Lipinski definition) is 2. The molecule has 1 aromatic carbocycles. The standard InChI is InChI=1S/C17H21N3O/c21-16(12-18-11-13-6-7-13)19-10-8-15-4-1-3-14-5-2-9-20-17(14)15/h1-5,9,13,18H,6-8,10-12H2,(H,19,21). The van der Waals surface area contributed by atoms with Gasteiger partial charge in [0.05, 0.1) is 12.1 Å². The van der Waals surface area contributed by atoms with Crippen molar-refractivity contribution >= 4 is 16.8 Å². The van der Waals surface area contributed by atoms with Crippen LogP contribution in [0.15, 0.2) is 36.5 Å². The van der Waals surface area contributed by atoms with Crippen molar-refractivity contribution in [2.45, 2.75) is 19.3 Å². The third-order valence-corrected chi connectivity index (χ3v) is 3.85. The van der Waals surface area contributed by atoms with Crippen molar-refractivity contribution in [2.24, 2.45) is 5.92 Å². The van der Waals surface area contributed by atoms with E-state index in [0.717, 1.165) is 29.8 Å². The van der Waals surface area contributed by atoms with Gasteiger partial charge in [-0.3, -0.25) is 9.78 Å². The number of amides is 1. The van der Waals surface area contributed by atoms with Crippen molar-refractivity contribution in [2.75, 3.05) is 19.6 Å². The second kappa shape index (κ2) is 6.68. The highest BCUT2D eigenvalue weighted by molar-refractivity contribution is 5.81. The van der Waals surface area contributed by atoms with Gasteiger partial charge in [-0.2, -0.15) is 0 Å². The Morgan fingerprint density at radius 1 is 1.24 bits per heavy atom. The van der Waals surface area contributed by atoms with Gasteiger partial charge in [0, 0.05) is 18.1 Å². The van der Waals surface area contributed by atoms with Gasteiger partial charge in [0.1, 0.15) is 0 Å². The predicted octanol–water partition coefficient (Wildman–Crippen LogP) is 1.89. The maximum atomic E-state index is 11.7. The van der Waals surface area contributed by atoms with Crippen molar-refractivity contribution in [3.05, 3.63) is 42.1 Å². The first kappa shape index (κ1) is 14.0. The van der Waals surface area contributed by atoms with E-state index in [2.05, 4.69) is 33.8 Å². The summed E-state index contributed by atoms with van der Waals surface area (Å²) in [6, 6.07) is 10.2. The molecule has 2 aromatic rings. The Kier molecular flexibility index (Phi) is 4.46. The highest BCUT2D eigenvalue weighted by Crippen LogP contribution is 2.27. The molecule has 1 amide bonds. The minimum Gasteiger partial charge on any atom is -0.355 e. The molecule has 1 aromatic heterocycles. The summed E-state index contributed by atoms with van der Waals surface area (Å²) in [5.41, 5.74) is 2.21. The topological polar surface area (TPSA) is 54.0 Å². The molecule has 21 heavy (non-hydrogen) atoms. The van der Waals surface area contributed by atoms with Crippen molar-refractivity contribution in [1.29, 1.82) is 0 Å². The van der Waals surface area contributed by atoms with Gasteiger partial charge in [0.25, 0.3) is 0 Å². The average Bonchev–Trinajstić information content (AvgIpc) is 3.32. The molecule has 0 bridgehead atoms. The Morgan fingerprint density at radius 3 is 2.95 bits per heavy atom. The van der Waals surface area contributed by atoms with E-state index >= 15 is 0 Å². The van der Waals surface area contributed by atoms with E-state index in [4.69, 9.17) is 0 Å². The molecule has 0 unspecified atom stereocenters. The van der Waals surface area contributed by atoms with Crippen LogP contribution in [-0.2, 0) is 11.2 Å². The molecule has 3 rings (SSSR count). The molecular formula is C17H21N3O. The number of rotatable bonds is 7. The number of benzene rings is 1. The SMILES string of the molecule is O=C(CNCC1CC1)NCCc1cccc2cccnc12. The van der Waals surface area contributed by atoms with Crippen LogP contribution in [-0.4, -0.2) is 30.5 Å². The van der Waals surface area contributed by atoms with Crippen LogP contribution in [0, 0.1) is 5.92 Å². The fraction of sp³-hybridized carbons (Fsp3) is 0.412. The molecule has 0 saturated heterocycles. The summed E-state index contributed by atoms with van der Waals surface area (Å²) in [7, 11) is 0. The van der Waals surface area contributed by atoms with Crippen molar-refractivity contribution in [3.63, 3.8) is 0 Å². The number of fused-ring (bicyclic) bond motifs is 1. The van der Waals surface area contributed by atoms with Crippen LogP contribution in [0.1, 0.15) is 18.4 Å². The molecule has 1 aliphatic rings. The normalized spacial score (nSPS) is 14.3. The predicted molar refractivity (Wildman–Crippen MR) is 84.1 cm³/mol. The fourth-order valence-corrected chi connectivity index (χ4v) is 2.48. The van der Waals surface area contributed by atoms with E-state index in [1.54, 1.807) is 0 Å². The number of carbonyl (C=O) groups excluding carboxylic acids is 1. The molecule has 0 radical (unpaired) electrons. The number of pyridine rings is 1. The Bertz CT molecular complexity index is 617. The number of para-hydroxylation sites is 1. The van der Waals surface area contributed by atoms with Crippen molar-refractivity contribution in [1.82, 2.24) is 15.6 Å². The lowest BCUT2D eigenvalue weighted by atomic mass is 10.1. The van der Waals surface area contributed by atoms with Crippen LogP contribution < -0.4 is 10.6 Å². The third kappa shape index (κ3) is 4.02. The Balaban J connectivity index is 1.46. The van der Waals surface area contributed by atoms with Gasteiger partial charge in [0.2, 0.25) is 5.91 Å².